The minimum Gasteiger partial charge on any atom is -0.338 e. The molecule has 0 aromatic heterocycles. The minimum atomic E-state index is 0.266. The second-order valence-corrected chi connectivity index (χ2v) is 5.16. The van der Waals surface area contributed by atoms with Gasteiger partial charge in [0.15, 0.2) is 0 Å². The van der Waals surface area contributed by atoms with Gasteiger partial charge in [0.25, 0.3) is 0 Å². The Hall–Kier alpha value is -0.570. The Morgan fingerprint density at radius 3 is 2.53 bits per heavy atom. The van der Waals surface area contributed by atoms with Crippen molar-refractivity contribution in [3.63, 3.8) is 0 Å². The molecule has 1 atom stereocenters. The van der Waals surface area contributed by atoms with Crippen molar-refractivity contribution in [1.29, 1.82) is 0 Å². The molecule has 3 nitrogen and oxygen atoms in total. The summed E-state index contributed by atoms with van der Waals surface area (Å²) in [6.07, 6.45) is 6.66. The predicted molar refractivity (Wildman–Crippen MR) is 72.0 cm³/mol. The average Bonchev–Trinajstić information content (AvgIpc) is 2.77. The number of carbonyl (C=O) groups is 1. The molecule has 1 saturated heterocycles. The van der Waals surface area contributed by atoms with Crippen molar-refractivity contribution >= 4 is 5.91 Å². The number of likely N-dealkylation sites (N-methyl/N-ethyl adjacent to an activating group) is 1. The standard InChI is InChI=1S/C14H28N2O/c1-4-7-12(8-5-2)14(17)16-10-6-9-13(16)11-15-3/h12-13,15H,4-11H2,1-3H3. The van der Waals surface area contributed by atoms with Gasteiger partial charge in [0, 0.05) is 25.0 Å². The van der Waals surface area contributed by atoms with Crippen LogP contribution in [0.1, 0.15) is 52.4 Å². The number of rotatable bonds is 7. The van der Waals surface area contributed by atoms with Crippen molar-refractivity contribution in [2.75, 3.05) is 20.1 Å². The lowest BCUT2D eigenvalue weighted by atomic mass is 9.96. The lowest BCUT2D eigenvalue weighted by Gasteiger charge is -2.28. The van der Waals surface area contributed by atoms with Crippen molar-refractivity contribution < 1.29 is 4.79 Å². The molecular weight excluding hydrogens is 212 g/mol. The van der Waals surface area contributed by atoms with E-state index in [1.807, 2.05) is 7.05 Å². The van der Waals surface area contributed by atoms with Gasteiger partial charge in [-0.2, -0.15) is 0 Å². The first-order valence-electron chi connectivity index (χ1n) is 7.19. The van der Waals surface area contributed by atoms with Crippen LogP contribution in [0.3, 0.4) is 0 Å². The molecule has 1 rings (SSSR count). The summed E-state index contributed by atoms with van der Waals surface area (Å²) in [7, 11) is 1.97. The zero-order valence-corrected chi connectivity index (χ0v) is 11.7. The number of likely N-dealkylation sites (tertiary alicyclic amines) is 1. The normalized spacial score (nSPS) is 20.2. The molecule has 1 aliphatic rings. The Kier molecular flexibility index (Phi) is 6.56. The van der Waals surface area contributed by atoms with Gasteiger partial charge >= 0.3 is 0 Å². The van der Waals surface area contributed by atoms with E-state index < -0.39 is 0 Å². The molecule has 1 aliphatic heterocycles. The van der Waals surface area contributed by atoms with Gasteiger partial charge in [-0.05, 0) is 32.7 Å². The topological polar surface area (TPSA) is 32.3 Å². The fraction of sp³-hybridized carbons (Fsp3) is 0.929. The summed E-state index contributed by atoms with van der Waals surface area (Å²) in [5.41, 5.74) is 0. The molecule has 0 aromatic rings. The van der Waals surface area contributed by atoms with Crippen LogP contribution in [0.5, 0.6) is 0 Å². The summed E-state index contributed by atoms with van der Waals surface area (Å²) >= 11 is 0. The zero-order chi connectivity index (χ0) is 12.7. The van der Waals surface area contributed by atoms with Crippen molar-refractivity contribution in [1.82, 2.24) is 10.2 Å². The van der Waals surface area contributed by atoms with E-state index in [0.29, 0.717) is 11.9 Å². The van der Waals surface area contributed by atoms with Crippen LogP contribution in [0.4, 0.5) is 0 Å². The summed E-state index contributed by atoms with van der Waals surface area (Å²) in [4.78, 5) is 14.6. The number of nitrogens with zero attached hydrogens (tertiary/aromatic N) is 1. The van der Waals surface area contributed by atoms with E-state index in [9.17, 15) is 4.79 Å². The van der Waals surface area contributed by atoms with E-state index >= 15 is 0 Å². The largest absolute Gasteiger partial charge is 0.338 e. The first-order chi connectivity index (χ1) is 8.24. The highest BCUT2D eigenvalue weighted by Crippen LogP contribution is 2.23. The average molecular weight is 240 g/mol. The van der Waals surface area contributed by atoms with Crippen LogP contribution in [-0.4, -0.2) is 37.0 Å². The Morgan fingerprint density at radius 1 is 1.35 bits per heavy atom. The van der Waals surface area contributed by atoms with E-state index in [-0.39, 0.29) is 5.92 Å². The molecule has 1 fully saturated rings. The Bertz CT molecular complexity index is 224. The highest BCUT2D eigenvalue weighted by molar-refractivity contribution is 5.79. The lowest BCUT2D eigenvalue weighted by molar-refractivity contribution is -0.136. The molecule has 100 valence electrons. The predicted octanol–water partition coefficient (Wildman–Crippen LogP) is 2.41. The quantitative estimate of drug-likeness (QED) is 0.741. The van der Waals surface area contributed by atoms with Crippen LogP contribution in [0.25, 0.3) is 0 Å². The minimum absolute atomic E-state index is 0.266. The smallest absolute Gasteiger partial charge is 0.225 e. The maximum Gasteiger partial charge on any atom is 0.225 e. The Morgan fingerprint density at radius 2 is 2.00 bits per heavy atom. The molecule has 0 spiro atoms. The van der Waals surface area contributed by atoms with E-state index in [0.717, 1.165) is 45.2 Å². The molecule has 0 bridgehead atoms. The van der Waals surface area contributed by atoms with Gasteiger partial charge in [-0.15, -0.1) is 0 Å². The molecule has 3 heteroatoms. The monoisotopic (exact) mass is 240 g/mol. The van der Waals surface area contributed by atoms with Crippen LogP contribution in [0.15, 0.2) is 0 Å². The summed E-state index contributed by atoms with van der Waals surface area (Å²) in [5.74, 6) is 0.675. The number of carbonyl (C=O) groups excluding carboxylic acids is 1. The summed E-state index contributed by atoms with van der Waals surface area (Å²) in [5, 5.41) is 3.20. The summed E-state index contributed by atoms with van der Waals surface area (Å²) < 4.78 is 0. The fourth-order valence-corrected chi connectivity index (χ4v) is 2.90. The fourth-order valence-electron chi connectivity index (χ4n) is 2.90. The van der Waals surface area contributed by atoms with Crippen LogP contribution < -0.4 is 5.32 Å². The number of nitrogens with one attached hydrogen (secondary N) is 1. The highest BCUT2D eigenvalue weighted by Gasteiger charge is 2.31. The third kappa shape index (κ3) is 3.98. The molecule has 0 radical (unpaired) electrons. The van der Waals surface area contributed by atoms with E-state index in [4.69, 9.17) is 0 Å². The molecule has 0 aromatic carbocycles. The van der Waals surface area contributed by atoms with Crippen LogP contribution in [-0.2, 0) is 4.79 Å². The zero-order valence-electron chi connectivity index (χ0n) is 11.7. The number of hydrogen-bond acceptors (Lipinski definition) is 2. The molecule has 17 heavy (non-hydrogen) atoms. The second-order valence-electron chi connectivity index (χ2n) is 5.16. The molecule has 1 amide bonds. The van der Waals surface area contributed by atoms with Gasteiger partial charge in [0.05, 0.1) is 0 Å². The van der Waals surface area contributed by atoms with Crippen LogP contribution >= 0.6 is 0 Å². The van der Waals surface area contributed by atoms with Gasteiger partial charge in [-0.25, -0.2) is 0 Å². The van der Waals surface area contributed by atoms with E-state index in [2.05, 4.69) is 24.1 Å². The molecule has 0 aliphatic carbocycles. The van der Waals surface area contributed by atoms with E-state index in [1.165, 1.54) is 6.42 Å². The SMILES string of the molecule is CCCC(CCC)C(=O)N1CCCC1CNC. The van der Waals surface area contributed by atoms with E-state index in [1.54, 1.807) is 0 Å². The molecule has 1 heterocycles. The van der Waals surface area contributed by atoms with Crippen molar-refractivity contribution in [3.05, 3.63) is 0 Å². The van der Waals surface area contributed by atoms with Gasteiger partial charge in [-0.1, -0.05) is 26.7 Å². The lowest BCUT2D eigenvalue weighted by Crippen LogP contribution is -2.43. The van der Waals surface area contributed by atoms with Gasteiger partial charge in [0.1, 0.15) is 0 Å². The van der Waals surface area contributed by atoms with Crippen LogP contribution in [0.2, 0.25) is 0 Å². The molecule has 1 N–H and O–H groups in total. The number of amides is 1. The number of hydrogen-bond donors (Lipinski definition) is 1. The molecule has 1 unspecified atom stereocenters. The maximum absolute atomic E-state index is 12.5. The third-order valence-corrected chi connectivity index (χ3v) is 3.72. The maximum atomic E-state index is 12.5. The Balaban J connectivity index is 2.58. The summed E-state index contributed by atoms with van der Waals surface area (Å²) in [6, 6.07) is 0.434. The molecule has 0 saturated carbocycles. The van der Waals surface area contributed by atoms with Crippen molar-refractivity contribution in [2.24, 2.45) is 5.92 Å². The van der Waals surface area contributed by atoms with Gasteiger partial charge in [-0.3, -0.25) is 4.79 Å². The first kappa shape index (κ1) is 14.5. The highest BCUT2D eigenvalue weighted by atomic mass is 16.2. The Labute approximate surface area is 106 Å². The first-order valence-corrected chi connectivity index (χ1v) is 7.19. The second kappa shape index (κ2) is 7.70. The third-order valence-electron chi connectivity index (χ3n) is 3.72. The van der Waals surface area contributed by atoms with Crippen molar-refractivity contribution in [3.8, 4) is 0 Å². The molecular formula is C14H28N2O. The van der Waals surface area contributed by atoms with Gasteiger partial charge < -0.3 is 10.2 Å². The van der Waals surface area contributed by atoms with Crippen LogP contribution in [0, 0.1) is 5.92 Å². The van der Waals surface area contributed by atoms with Gasteiger partial charge in [0.2, 0.25) is 5.91 Å². The summed E-state index contributed by atoms with van der Waals surface area (Å²) in [6.45, 7) is 6.25. The van der Waals surface area contributed by atoms with Crippen molar-refractivity contribution in [2.45, 2.75) is 58.4 Å².